The quantitative estimate of drug-likeness (QED) is 0.928. The van der Waals surface area contributed by atoms with Gasteiger partial charge in [0, 0.05) is 18.9 Å². The fourth-order valence-corrected chi connectivity index (χ4v) is 2.97. The van der Waals surface area contributed by atoms with E-state index in [1.165, 1.54) is 19.0 Å². The molecule has 1 heterocycles. The molecule has 130 valence electrons. The van der Waals surface area contributed by atoms with Crippen LogP contribution in [0, 0.1) is 0 Å². The second-order valence-electron chi connectivity index (χ2n) is 5.76. The summed E-state index contributed by atoms with van der Waals surface area (Å²) in [5.74, 6) is 0.981. The largest absolute Gasteiger partial charge is 0.504 e. The first kappa shape index (κ1) is 16.8. The van der Waals surface area contributed by atoms with Crippen LogP contribution in [0.5, 0.6) is 17.2 Å². The summed E-state index contributed by atoms with van der Waals surface area (Å²) < 4.78 is 10.3. The molecule has 0 bridgehead atoms. The molecular formula is C19H20N2O4. The van der Waals surface area contributed by atoms with E-state index < -0.39 is 0 Å². The Morgan fingerprint density at radius 2 is 1.88 bits per heavy atom. The lowest BCUT2D eigenvalue weighted by molar-refractivity contribution is -0.130. The number of amides is 1. The average Bonchev–Trinajstić information content (AvgIpc) is 3.07. The second-order valence-corrected chi connectivity index (χ2v) is 5.76. The van der Waals surface area contributed by atoms with Gasteiger partial charge in [0.25, 0.3) is 0 Å². The molecule has 3 rings (SSSR count). The van der Waals surface area contributed by atoms with E-state index in [4.69, 9.17) is 9.47 Å². The highest BCUT2D eigenvalue weighted by Gasteiger charge is 2.33. The standard InChI is InChI=1S/C19H20N2O4/c1-12(22)21-17(15-5-4-6-18(25-3)19(15)23)11-16(20-21)13-7-9-14(24-2)10-8-13/h4-10,17,23H,11H2,1-3H3/t17-/m0/s1. The van der Waals surface area contributed by atoms with E-state index in [1.54, 1.807) is 25.3 Å². The SMILES string of the molecule is COc1ccc(C2=NN(C(C)=O)[C@H](c3cccc(OC)c3O)C2)cc1. The minimum atomic E-state index is -0.371. The number of aromatic hydroxyl groups is 1. The Bertz CT molecular complexity index is 815. The minimum absolute atomic E-state index is 0.0347. The molecule has 0 fully saturated rings. The van der Waals surface area contributed by atoms with Crippen molar-refractivity contribution >= 4 is 11.6 Å². The topological polar surface area (TPSA) is 71.4 Å². The minimum Gasteiger partial charge on any atom is -0.504 e. The van der Waals surface area contributed by atoms with Gasteiger partial charge in [-0.3, -0.25) is 4.79 Å². The highest BCUT2D eigenvalue weighted by atomic mass is 16.5. The normalized spacial score (nSPS) is 16.5. The van der Waals surface area contributed by atoms with Gasteiger partial charge < -0.3 is 14.6 Å². The van der Waals surface area contributed by atoms with Crippen LogP contribution in [0.1, 0.15) is 30.5 Å². The van der Waals surface area contributed by atoms with Crippen LogP contribution in [-0.2, 0) is 4.79 Å². The molecule has 1 aliphatic heterocycles. The van der Waals surface area contributed by atoms with Crippen LogP contribution < -0.4 is 9.47 Å². The van der Waals surface area contributed by atoms with Crippen LogP contribution in [0.4, 0.5) is 0 Å². The molecule has 1 atom stereocenters. The van der Waals surface area contributed by atoms with Crippen molar-refractivity contribution in [1.29, 1.82) is 0 Å². The van der Waals surface area contributed by atoms with E-state index in [2.05, 4.69) is 5.10 Å². The van der Waals surface area contributed by atoms with Crippen LogP contribution in [0.25, 0.3) is 0 Å². The van der Waals surface area contributed by atoms with Crippen molar-refractivity contribution in [2.75, 3.05) is 14.2 Å². The van der Waals surface area contributed by atoms with Crippen molar-refractivity contribution in [3.05, 3.63) is 53.6 Å². The maximum atomic E-state index is 12.1. The van der Waals surface area contributed by atoms with E-state index in [1.807, 2.05) is 24.3 Å². The number of phenols is 1. The summed E-state index contributed by atoms with van der Waals surface area (Å²) in [6.07, 6.45) is 0.507. The molecule has 2 aromatic rings. The Morgan fingerprint density at radius 3 is 2.48 bits per heavy atom. The monoisotopic (exact) mass is 340 g/mol. The Morgan fingerprint density at radius 1 is 1.16 bits per heavy atom. The summed E-state index contributed by atoms with van der Waals surface area (Å²) in [6, 6.07) is 12.4. The summed E-state index contributed by atoms with van der Waals surface area (Å²) >= 11 is 0. The molecule has 0 aliphatic carbocycles. The van der Waals surface area contributed by atoms with E-state index in [0.717, 1.165) is 17.0 Å². The van der Waals surface area contributed by atoms with Gasteiger partial charge in [0.05, 0.1) is 26.0 Å². The molecule has 6 heteroatoms. The lowest BCUT2D eigenvalue weighted by atomic mass is 9.97. The van der Waals surface area contributed by atoms with Crippen LogP contribution in [0.2, 0.25) is 0 Å². The number of nitrogens with zero attached hydrogens (tertiary/aromatic N) is 2. The molecule has 6 nitrogen and oxygen atoms in total. The summed E-state index contributed by atoms with van der Waals surface area (Å²) in [6.45, 7) is 1.46. The van der Waals surface area contributed by atoms with Gasteiger partial charge in [0.15, 0.2) is 11.5 Å². The Hall–Kier alpha value is -3.02. The van der Waals surface area contributed by atoms with Gasteiger partial charge in [-0.1, -0.05) is 12.1 Å². The molecule has 0 unspecified atom stereocenters. The molecule has 0 radical (unpaired) electrons. The van der Waals surface area contributed by atoms with Crippen LogP contribution in [0.3, 0.4) is 0 Å². The number of hydrogen-bond donors (Lipinski definition) is 1. The van der Waals surface area contributed by atoms with E-state index >= 15 is 0 Å². The third-order valence-electron chi connectivity index (χ3n) is 4.27. The molecule has 0 spiro atoms. The number of hydrogen-bond acceptors (Lipinski definition) is 5. The summed E-state index contributed by atoms with van der Waals surface area (Å²) in [4.78, 5) is 12.1. The molecule has 1 aliphatic rings. The van der Waals surface area contributed by atoms with Crippen molar-refractivity contribution in [2.24, 2.45) is 5.10 Å². The van der Waals surface area contributed by atoms with Crippen molar-refractivity contribution in [2.45, 2.75) is 19.4 Å². The van der Waals surface area contributed by atoms with E-state index in [-0.39, 0.29) is 17.7 Å². The number of para-hydroxylation sites is 1. The number of hydrazone groups is 1. The third-order valence-corrected chi connectivity index (χ3v) is 4.27. The lowest BCUT2D eigenvalue weighted by Crippen LogP contribution is -2.24. The molecule has 1 N–H and O–H groups in total. The Labute approximate surface area is 146 Å². The van der Waals surface area contributed by atoms with Gasteiger partial charge in [-0.25, -0.2) is 5.01 Å². The highest BCUT2D eigenvalue weighted by Crippen LogP contribution is 2.41. The highest BCUT2D eigenvalue weighted by molar-refractivity contribution is 6.03. The maximum absolute atomic E-state index is 12.1. The lowest BCUT2D eigenvalue weighted by Gasteiger charge is -2.22. The van der Waals surface area contributed by atoms with Gasteiger partial charge in [-0.2, -0.15) is 5.10 Å². The average molecular weight is 340 g/mol. The third kappa shape index (κ3) is 3.15. The zero-order valence-electron chi connectivity index (χ0n) is 14.4. The van der Waals surface area contributed by atoms with Gasteiger partial charge in [-0.15, -0.1) is 0 Å². The van der Waals surface area contributed by atoms with Crippen LogP contribution >= 0.6 is 0 Å². The number of benzene rings is 2. The number of carbonyl (C=O) groups is 1. The fourth-order valence-electron chi connectivity index (χ4n) is 2.97. The number of phenolic OH excluding ortho intramolecular Hbond substituents is 1. The number of rotatable bonds is 4. The van der Waals surface area contributed by atoms with Crippen molar-refractivity contribution in [3.8, 4) is 17.2 Å². The van der Waals surface area contributed by atoms with Crippen LogP contribution in [0.15, 0.2) is 47.6 Å². The number of ether oxygens (including phenoxy) is 2. The van der Waals surface area contributed by atoms with Gasteiger partial charge in [-0.05, 0) is 35.9 Å². The smallest absolute Gasteiger partial charge is 0.240 e. The Kier molecular flexibility index (Phi) is 4.61. The Balaban J connectivity index is 1.96. The first-order chi connectivity index (χ1) is 12.0. The molecule has 1 amide bonds. The summed E-state index contributed by atoms with van der Waals surface area (Å²) in [5, 5.41) is 16.3. The molecular weight excluding hydrogens is 320 g/mol. The summed E-state index contributed by atoms with van der Waals surface area (Å²) in [5.41, 5.74) is 2.31. The molecule has 2 aromatic carbocycles. The first-order valence-electron chi connectivity index (χ1n) is 7.92. The maximum Gasteiger partial charge on any atom is 0.240 e. The van der Waals surface area contributed by atoms with E-state index in [0.29, 0.717) is 17.7 Å². The first-order valence-corrected chi connectivity index (χ1v) is 7.92. The summed E-state index contributed by atoms with van der Waals surface area (Å²) in [7, 11) is 3.11. The van der Waals surface area contributed by atoms with Gasteiger partial charge in [0.2, 0.25) is 5.91 Å². The fraction of sp³-hybridized carbons (Fsp3) is 0.263. The molecule has 0 saturated carbocycles. The van der Waals surface area contributed by atoms with Crippen molar-refractivity contribution < 1.29 is 19.4 Å². The van der Waals surface area contributed by atoms with Crippen LogP contribution in [-0.4, -0.2) is 36.0 Å². The molecule has 0 saturated heterocycles. The number of carbonyl (C=O) groups excluding carboxylic acids is 1. The van der Waals surface area contributed by atoms with Gasteiger partial charge in [0.1, 0.15) is 5.75 Å². The zero-order valence-corrected chi connectivity index (χ0v) is 14.4. The molecule has 25 heavy (non-hydrogen) atoms. The van der Waals surface area contributed by atoms with Crippen molar-refractivity contribution in [1.82, 2.24) is 5.01 Å². The van der Waals surface area contributed by atoms with Crippen molar-refractivity contribution in [3.63, 3.8) is 0 Å². The zero-order chi connectivity index (χ0) is 18.0. The van der Waals surface area contributed by atoms with E-state index in [9.17, 15) is 9.90 Å². The predicted molar refractivity (Wildman–Crippen MR) is 94.1 cm³/mol. The van der Waals surface area contributed by atoms with Gasteiger partial charge >= 0.3 is 0 Å². The predicted octanol–water partition coefficient (Wildman–Crippen LogP) is 3.11. The molecule has 0 aromatic heterocycles. The number of methoxy groups -OCH3 is 2. The second kappa shape index (κ2) is 6.84.